The molecule has 0 radical (unpaired) electrons. The predicted octanol–water partition coefficient (Wildman–Crippen LogP) is 3.61. The van der Waals surface area contributed by atoms with Crippen molar-refractivity contribution >= 4 is 0 Å². The quantitative estimate of drug-likeness (QED) is 0.772. The molecule has 5 heteroatoms. The second-order valence-corrected chi connectivity index (χ2v) is 6.34. The van der Waals surface area contributed by atoms with Crippen LogP contribution in [-0.4, -0.2) is 9.78 Å². The summed E-state index contributed by atoms with van der Waals surface area (Å²) in [6.45, 7) is 1.92. The van der Waals surface area contributed by atoms with E-state index in [1.807, 2.05) is 44.3 Å². The van der Waals surface area contributed by atoms with Crippen molar-refractivity contribution in [2.45, 2.75) is 12.8 Å². The average Bonchev–Trinajstić information content (AvgIpc) is 2.95. The van der Waals surface area contributed by atoms with Crippen LogP contribution < -0.4 is 10.5 Å². The topological polar surface area (TPSA) is 76.9 Å². The molecular formula is C21H18N4O. The molecule has 1 aliphatic heterocycles. The first-order valence-corrected chi connectivity index (χ1v) is 8.36. The van der Waals surface area contributed by atoms with E-state index in [9.17, 15) is 5.26 Å². The van der Waals surface area contributed by atoms with Crippen molar-refractivity contribution in [3.63, 3.8) is 0 Å². The molecular weight excluding hydrogens is 324 g/mol. The predicted molar refractivity (Wildman–Crippen MR) is 99.1 cm³/mol. The van der Waals surface area contributed by atoms with Gasteiger partial charge in [-0.15, -0.1) is 0 Å². The maximum absolute atomic E-state index is 9.65. The first-order chi connectivity index (χ1) is 12.6. The Morgan fingerprint density at radius 2 is 1.73 bits per heavy atom. The van der Waals surface area contributed by atoms with Crippen LogP contribution in [0.4, 0.5) is 0 Å². The van der Waals surface area contributed by atoms with Crippen LogP contribution in [0.15, 0.2) is 66.1 Å². The summed E-state index contributed by atoms with van der Waals surface area (Å²) >= 11 is 0. The second kappa shape index (κ2) is 6.08. The maximum atomic E-state index is 9.65. The van der Waals surface area contributed by atoms with Gasteiger partial charge in [-0.05, 0) is 23.6 Å². The molecule has 3 aromatic rings. The Balaban J connectivity index is 1.83. The van der Waals surface area contributed by atoms with Crippen LogP contribution in [0.25, 0.3) is 11.1 Å². The molecule has 26 heavy (non-hydrogen) atoms. The number of ether oxygens (including phenoxy) is 1. The van der Waals surface area contributed by atoms with Gasteiger partial charge in [0.1, 0.15) is 11.6 Å². The van der Waals surface area contributed by atoms with Gasteiger partial charge in [0.25, 0.3) is 0 Å². The summed E-state index contributed by atoms with van der Waals surface area (Å²) in [7, 11) is 1.81. The van der Waals surface area contributed by atoms with Gasteiger partial charge in [-0.25, -0.2) is 4.68 Å². The molecule has 2 heterocycles. The van der Waals surface area contributed by atoms with Crippen molar-refractivity contribution in [3.05, 3.63) is 82.9 Å². The molecule has 0 amide bonds. The monoisotopic (exact) mass is 342 g/mol. The highest BCUT2D eigenvalue weighted by atomic mass is 16.5. The summed E-state index contributed by atoms with van der Waals surface area (Å²) in [5.41, 5.74) is 11.4. The number of aromatic nitrogens is 2. The van der Waals surface area contributed by atoms with Gasteiger partial charge in [-0.1, -0.05) is 54.6 Å². The SMILES string of the molecule is Cc1nn(C)c2c1C(c1ccc(-c3ccccc3)cc1)C(C#N)=C(N)O2. The third-order valence-electron chi connectivity index (χ3n) is 4.74. The minimum absolute atomic E-state index is 0.139. The average molecular weight is 342 g/mol. The lowest BCUT2D eigenvalue weighted by molar-refractivity contribution is 0.358. The Labute approximate surface area is 151 Å². The molecule has 0 saturated heterocycles. The second-order valence-electron chi connectivity index (χ2n) is 6.34. The van der Waals surface area contributed by atoms with Gasteiger partial charge in [0.15, 0.2) is 0 Å². The fraction of sp³-hybridized carbons (Fsp3) is 0.143. The van der Waals surface area contributed by atoms with E-state index in [1.165, 1.54) is 0 Å². The van der Waals surface area contributed by atoms with E-state index in [2.05, 4.69) is 35.4 Å². The van der Waals surface area contributed by atoms with E-state index in [0.717, 1.165) is 27.9 Å². The summed E-state index contributed by atoms with van der Waals surface area (Å²) in [4.78, 5) is 0. The summed E-state index contributed by atoms with van der Waals surface area (Å²) in [5, 5.41) is 14.1. The van der Waals surface area contributed by atoms with Gasteiger partial charge >= 0.3 is 0 Å². The van der Waals surface area contributed by atoms with Gasteiger partial charge in [-0.3, -0.25) is 0 Å². The van der Waals surface area contributed by atoms with Gasteiger partial charge in [0, 0.05) is 7.05 Å². The van der Waals surface area contributed by atoms with Crippen molar-refractivity contribution in [2.75, 3.05) is 0 Å². The smallest absolute Gasteiger partial charge is 0.224 e. The first-order valence-electron chi connectivity index (χ1n) is 8.36. The zero-order valence-corrected chi connectivity index (χ0v) is 14.6. The summed E-state index contributed by atoms with van der Waals surface area (Å²) in [6.07, 6.45) is 0. The van der Waals surface area contributed by atoms with E-state index in [1.54, 1.807) is 4.68 Å². The molecule has 1 aromatic heterocycles. The Kier molecular flexibility index (Phi) is 3.74. The number of rotatable bonds is 2. The Bertz CT molecular complexity index is 1040. The van der Waals surface area contributed by atoms with E-state index >= 15 is 0 Å². The van der Waals surface area contributed by atoms with Crippen LogP contribution in [-0.2, 0) is 7.05 Å². The highest BCUT2D eigenvalue weighted by Crippen LogP contribution is 2.43. The molecule has 0 saturated carbocycles. The van der Waals surface area contributed by atoms with Gasteiger partial charge in [0.05, 0.1) is 17.2 Å². The van der Waals surface area contributed by atoms with Crippen molar-refractivity contribution < 1.29 is 4.74 Å². The molecule has 2 aromatic carbocycles. The van der Waals surface area contributed by atoms with E-state index in [0.29, 0.717) is 11.5 Å². The number of nitriles is 1. The van der Waals surface area contributed by atoms with Gasteiger partial charge in [0.2, 0.25) is 11.8 Å². The molecule has 0 aliphatic carbocycles. The number of hydrogen-bond donors (Lipinski definition) is 1. The van der Waals surface area contributed by atoms with Crippen LogP contribution in [0.5, 0.6) is 5.88 Å². The van der Waals surface area contributed by atoms with Gasteiger partial charge < -0.3 is 10.5 Å². The van der Waals surface area contributed by atoms with Crippen molar-refractivity contribution in [2.24, 2.45) is 12.8 Å². The molecule has 1 aliphatic rings. The number of allylic oxidation sites excluding steroid dienone is 1. The first kappa shape index (κ1) is 16.0. The van der Waals surface area contributed by atoms with Crippen LogP contribution in [0.2, 0.25) is 0 Å². The molecule has 0 fully saturated rings. The Morgan fingerprint density at radius 1 is 1.08 bits per heavy atom. The lowest BCUT2D eigenvalue weighted by Crippen LogP contribution is -2.21. The molecule has 0 bridgehead atoms. The number of nitrogens with two attached hydrogens (primary N) is 1. The molecule has 4 rings (SSSR count). The van der Waals surface area contributed by atoms with Crippen molar-refractivity contribution in [1.82, 2.24) is 9.78 Å². The zero-order chi connectivity index (χ0) is 18.3. The Hall–Kier alpha value is -3.52. The minimum Gasteiger partial charge on any atom is -0.422 e. The normalized spacial score (nSPS) is 16.0. The maximum Gasteiger partial charge on any atom is 0.224 e. The molecule has 5 nitrogen and oxygen atoms in total. The third kappa shape index (κ3) is 2.44. The number of fused-ring (bicyclic) bond motifs is 1. The van der Waals surface area contributed by atoms with Gasteiger partial charge in [-0.2, -0.15) is 10.4 Å². The van der Waals surface area contributed by atoms with Crippen LogP contribution in [0, 0.1) is 18.3 Å². The van der Waals surface area contributed by atoms with Crippen molar-refractivity contribution in [1.29, 1.82) is 5.26 Å². The van der Waals surface area contributed by atoms with Crippen LogP contribution in [0.3, 0.4) is 0 Å². The van der Waals surface area contributed by atoms with E-state index < -0.39 is 0 Å². The fourth-order valence-corrected chi connectivity index (χ4v) is 3.50. The lowest BCUT2D eigenvalue weighted by atomic mass is 9.83. The van der Waals surface area contributed by atoms with Crippen LogP contribution in [0.1, 0.15) is 22.7 Å². The number of hydrogen-bond acceptors (Lipinski definition) is 4. The number of nitrogens with zero attached hydrogens (tertiary/aromatic N) is 3. The third-order valence-corrected chi connectivity index (χ3v) is 4.74. The molecule has 0 spiro atoms. The highest BCUT2D eigenvalue weighted by Gasteiger charge is 2.35. The standard InChI is InChI=1S/C21H18N4O/c1-13-18-19(17(12-22)20(23)26-21(18)25(2)24-13)16-10-8-15(9-11-16)14-6-4-3-5-7-14/h3-11,19H,23H2,1-2H3. The summed E-state index contributed by atoms with van der Waals surface area (Å²) in [5.74, 6) is 0.457. The molecule has 128 valence electrons. The number of benzene rings is 2. The minimum atomic E-state index is -0.276. The van der Waals surface area contributed by atoms with E-state index in [-0.39, 0.29) is 11.8 Å². The van der Waals surface area contributed by atoms with E-state index in [4.69, 9.17) is 10.5 Å². The summed E-state index contributed by atoms with van der Waals surface area (Å²) < 4.78 is 7.33. The summed E-state index contributed by atoms with van der Waals surface area (Å²) in [6, 6.07) is 20.6. The zero-order valence-electron chi connectivity index (χ0n) is 14.6. The molecule has 2 N–H and O–H groups in total. The molecule has 1 atom stereocenters. The largest absolute Gasteiger partial charge is 0.422 e. The number of aryl methyl sites for hydroxylation is 2. The highest BCUT2D eigenvalue weighted by molar-refractivity contribution is 5.65. The Morgan fingerprint density at radius 3 is 2.38 bits per heavy atom. The molecule has 1 unspecified atom stereocenters. The lowest BCUT2D eigenvalue weighted by Gasteiger charge is -2.24. The van der Waals surface area contributed by atoms with Crippen LogP contribution >= 0.6 is 0 Å². The van der Waals surface area contributed by atoms with Crippen molar-refractivity contribution in [3.8, 4) is 23.1 Å². The fourth-order valence-electron chi connectivity index (χ4n) is 3.50.